The zero-order valence-electron chi connectivity index (χ0n) is 21.7. The van der Waals surface area contributed by atoms with E-state index in [2.05, 4.69) is 17.0 Å². The lowest BCUT2D eigenvalue weighted by Crippen LogP contribution is -2.69. The quantitative estimate of drug-likeness (QED) is 0.493. The molecule has 9 atom stereocenters. The molecule has 1 aromatic carbocycles. The second kappa shape index (κ2) is 8.98. The van der Waals surface area contributed by atoms with Crippen molar-refractivity contribution in [2.24, 2.45) is 34.0 Å². The standard InChI is InChI=1S/C30H34ClF2NO3S/c1-27-9-8-20(35)11-23(27)24(32)12-22-21-10-19-15-34(14-18-6-4-3-5-7-18)16-29(19,26(37)38-17-31)28(21,2)13-25(36)30(22,27)33/h3-9,11,19,21-22,24-25,36H,10,12-17H2,1-2H3/t19-,21?,22-,24-,25-,27-,28-,29+,30-/m0/s1. The van der Waals surface area contributed by atoms with Crippen molar-refractivity contribution in [1.29, 1.82) is 0 Å². The number of halogens is 3. The highest BCUT2D eigenvalue weighted by molar-refractivity contribution is 8.14. The van der Waals surface area contributed by atoms with E-state index in [0.717, 1.165) is 17.3 Å². The number of nitrogens with zero attached hydrogens (tertiary/aromatic N) is 1. The van der Waals surface area contributed by atoms with E-state index in [1.54, 1.807) is 6.92 Å². The Bertz CT molecular complexity index is 1230. The van der Waals surface area contributed by atoms with Crippen molar-refractivity contribution in [1.82, 2.24) is 4.90 Å². The predicted octanol–water partition coefficient (Wildman–Crippen LogP) is 5.49. The average Bonchev–Trinajstić information content (AvgIpc) is 3.35. The molecular weight excluding hydrogens is 528 g/mol. The summed E-state index contributed by atoms with van der Waals surface area (Å²) in [5.74, 6) is -1.44. The van der Waals surface area contributed by atoms with Crippen LogP contribution in [-0.4, -0.2) is 57.2 Å². The molecule has 1 aromatic rings. The molecule has 8 heteroatoms. The van der Waals surface area contributed by atoms with Crippen molar-refractivity contribution in [2.75, 3.05) is 18.3 Å². The maximum atomic E-state index is 17.5. The minimum atomic E-state index is -2.13. The van der Waals surface area contributed by atoms with E-state index < -0.39 is 40.1 Å². The van der Waals surface area contributed by atoms with Gasteiger partial charge in [0.05, 0.1) is 16.7 Å². The number of hydrogen-bond donors (Lipinski definition) is 1. The lowest BCUT2D eigenvalue weighted by Gasteiger charge is -2.63. The fourth-order valence-corrected chi connectivity index (χ4v) is 10.5. The Kier molecular flexibility index (Phi) is 6.31. The van der Waals surface area contributed by atoms with E-state index >= 15 is 8.78 Å². The number of aliphatic hydroxyl groups excluding tert-OH is 1. The monoisotopic (exact) mass is 561 g/mol. The lowest BCUT2D eigenvalue weighted by molar-refractivity contribution is -0.210. The minimum absolute atomic E-state index is 0.000756. The number of aliphatic hydroxyl groups is 1. The second-order valence-electron chi connectivity index (χ2n) is 12.5. The summed E-state index contributed by atoms with van der Waals surface area (Å²) in [6.07, 6.45) is 1.72. The highest BCUT2D eigenvalue weighted by Crippen LogP contribution is 2.75. The highest BCUT2D eigenvalue weighted by Gasteiger charge is 2.78. The zero-order valence-corrected chi connectivity index (χ0v) is 23.3. The number of thioether (sulfide) groups is 1. The van der Waals surface area contributed by atoms with E-state index in [1.807, 2.05) is 25.1 Å². The van der Waals surface area contributed by atoms with Gasteiger partial charge in [-0.05, 0) is 66.7 Å². The molecule has 1 saturated heterocycles. The van der Waals surface area contributed by atoms with Crippen molar-refractivity contribution >= 4 is 34.3 Å². The maximum Gasteiger partial charge on any atom is 0.198 e. The predicted molar refractivity (Wildman–Crippen MR) is 145 cm³/mol. The first kappa shape index (κ1) is 26.7. The van der Waals surface area contributed by atoms with Crippen LogP contribution in [0.15, 0.2) is 54.1 Å². The van der Waals surface area contributed by atoms with Crippen molar-refractivity contribution in [3.63, 3.8) is 0 Å². The van der Waals surface area contributed by atoms with Crippen LogP contribution in [-0.2, 0) is 16.1 Å². The number of ketones is 1. The van der Waals surface area contributed by atoms with Crippen molar-refractivity contribution in [3.05, 3.63) is 59.7 Å². The number of rotatable bonds is 4. The Morgan fingerprint density at radius 2 is 1.95 bits per heavy atom. The average molecular weight is 562 g/mol. The van der Waals surface area contributed by atoms with Crippen LogP contribution in [0.1, 0.15) is 38.7 Å². The SMILES string of the molecule is C[C@]12C=CC(=O)C=C1[C@@H](F)C[C@H]1C3C[C@H]4CN(Cc5ccccc5)C[C@@]4(C(=O)SCCl)[C@@]3(C)C[C@H](O)[C@@]12F. The zero-order chi connectivity index (χ0) is 27.1. The number of carbonyl (C=O) groups is 2. The minimum Gasteiger partial charge on any atom is -0.390 e. The molecule has 5 aliphatic rings. The van der Waals surface area contributed by atoms with Crippen LogP contribution in [0.5, 0.6) is 0 Å². The van der Waals surface area contributed by atoms with Crippen molar-refractivity contribution in [3.8, 4) is 0 Å². The second-order valence-corrected chi connectivity index (χ2v) is 14.0. The maximum absolute atomic E-state index is 17.5. The third-order valence-electron chi connectivity index (χ3n) is 11.0. The molecule has 204 valence electrons. The van der Waals surface area contributed by atoms with E-state index in [0.29, 0.717) is 26.1 Å². The summed E-state index contributed by atoms with van der Waals surface area (Å²) in [6.45, 7) is 5.55. The van der Waals surface area contributed by atoms with Crippen molar-refractivity contribution in [2.45, 2.75) is 57.6 Å². The number of likely N-dealkylation sites (tertiary alicyclic amines) is 1. The summed E-state index contributed by atoms with van der Waals surface area (Å²) < 4.78 is 33.3. The van der Waals surface area contributed by atoms with Crippen LogP contribution in [0.4, 0.5) is 8.78 Å². The molecule has 4 fully saturated rings. The summed E-state index contributed by atoms with van der Waals surface area (Å²) in [5, 5.41) is 11.8. The molecule has 4 nitrogen and oxygen atoms in total. The Morgan fingerprint density at radius 1 is 1.21 bits per heavy atom. The van der Waals surface area contributed by atoms with Gasteiger partial charge in [-0.3, -0.25) is 14.5 Å². The summed E-state index contributed by atoms with van der Waals surface area (Å²) in [6, 6.07) is 10.1. The first-order chi connectivity index (χ1) is 18.0. The molecule has 1 unspecified atom stereocenters. The smallest absolute Gasteiger partial charge is 0.198 e. The van der Waals surface area contributed by atoms with Crippen LogP contribution in [0.25, 0.3) is 0 Å². The van der Waals surface area contributed by atoms with E-state index in [9.17, 15) is 14.7 Å². The molecule has 38 heavy (non-hydrogen) atoms. The molecule has 0 spiro atoms. The van der Waals surface area contributed by atoms with Gasteiger partial charge in [-0.15, -0.1) is 11.6 Å². The number of carbonyl (C=O) groups excluding carboxylic acids is 2. The first-order valence-electron chi connectivity index (χ1n) is 13.5. The number of hydrogen-bond acceptors (Lipinski definition) is 5. The number of benzene rings is 1. The summed E-state index contributed by atoms with van der Waals surface area (Å²) >= 11 is 7.16. The summed E-state index contributed by atoms with van der Waals surface area (Å²) in [4.78, 5) is 28.4. The van der Waals surface area contributed by atoms with Crippen LogP contribution in [0.3, 0.4) is 0 Å². The molecule has 1 N–H and O–H groups in total. The Hall–Kier alpha value is -1.54. The van der Waals surface area contributed by atoms with Gasteiger partial charge in [0.15, 0.2) is 16.6 Å². The Balaban J connectivity index is 1.41. The third-order valence-corrected chi connectivity index (χ3v) is 12.1. The normalized spacial score (nSPS) is 45.7. The summed E-state index contributed by atoms with van der Waals surface area (Å²) in [5.41, 5.74) is -3.79. The molecule has 0 aromatic heterocycles. The molecule has 4 aliphatic carbocycles. The Morgan fingerprint density at radius 3 is 2.66 bits per heavy atom. The molecular formula is C30H34ClF2NO3S. The molecule has 0 amide bonds. The van der Waals surface area contributed by atoms with Gasteiger partial charge < -0.3 is 5.11 Å². The largest absolute Gasteiger partial charge is 0.390 e. The van der Waals surface area contributed by atoms with E-state index in [4.69, 9.17) is 11.6 Å². The van der Waals surface area contributed by atoms with Crippen molar-refractivity contribution < 1.29 is 23.5 Å². The molecule has 0 bridgehead atoms. The molecule has 0 radical (unpaired) electrons. The molecule has 3 saturated carbocycles. The fraction of sp³-hybridized carbons (Fsp3) is 0.600. The van der Waals surface area contributed by atoms with Crippen LogP contribution in [0.2, 0.25) is 0 Å². The van der Waals surface area contributed by atoms with Gasteiger partial charge in [0.2, 0.25) is 0 Å². The molecule has 1 aliphatic heterocycles. The number of allylic oxidation sites excluding steroid dienone is 4. The van der Waals surface area contributed by atoms with E-state index in [-0.39, 0.29) is 46.4 Å². The Labute approximate surface area is 231 Å². The molecule has 6 rings (SSSR count). The lowest BCUT2D eigenvalue weighted by atomic mass is 9.43. The van der Waals surface area contributed by atoms with Gasteiger partial charge in [0.25, 0.3) is 0 Å². The fourth-order valence-electron chi connectivity index (χ4n) is 9.35. The van der Waals surface area contributed by atoms with Gasteiger partial charge in [-0.1, -0.05) is 55.1 Å². The van der Waals surface area contributed by atoms with Gasteiger partial charge in [-0.25, -0.2) is 8.78 Å². The van der Waals surface area contributed by atoms with Gasteiger partial charge in [-0.2, -0.15) is 0 Å². The van der Waals surface area contributed by atoms with E-state index in [1.165, 1.54) is 18.2 Å². The molecule has 1 heterocycles. The topological polar surface area (TPSA) is 57.6 Å². The van der Waals surface area contributed by atoms with Crippen LogP contribution in [0, 0.1) is 34.0 Å². The first-order valence-corrected chi connectivity index (χ1v) is 15.0. The van der Waals surface area contributed by atoms with Crippen LogP contribution < -0.4 is 0 Å². The third kappa shape index (κ3) is 3.34. The number of fused-ring (bicyclic) bond motifs is 7. The van der Waals surface area contributed by atoms with Gasteiger partial charge >= 0.3 is 0 Å². The van der Waals surface area contributed by atoms with Crippen LogP contribution >= 0.6 is 23.4 Å². The summed E-state index contributed by atoms with van der Waals surface area (Å²) in [7, 11) is 0. The van der Waals surface area contributed by atoms with Gasteiger partial charge in [0.1, 0.15) is 6.17 Å². The number of alkyl halides is 3. The highest BCUT2D eigenvalue weighted by atomic mass is 35.5. The van der Waals surface area contributed by atoms with Gasteiger partial charge in [0, 0.05) is 31.0 Å².